The van der Waals surface area contributed by atoms with Crippen LogP contribution in [-0.4, -0.2) is 9.55 Å². The monoisotopic (exact) mass is 206 g/mol. The van der Waals surface area contributed by atoms with Crippen LogP contribution in [-0.2, 0) is 0 Å². The van der Waals surface area contributed by atoms with Gasteiger partial charge in [0.15, 0.2) is 0 Å². The van der Waals surface area contributed by atoms with Crippen molar-refractivity contribution in [1.29, 1.82) is 0 Å². The van der Waals surface area contributed by atoms with E-state index in [1.54, 1.807) is 12.5 Å². The van der Waals surface area contributed by atoms with Gasteiger partial charge in [0.2, 0.25) is 0 Å². The highest BCUT2D eigenvalue weighted by Crippen LogP contribution is 2.24. The summed E-state index contributed by atoms with van der Waals surface area (Å²) in [5, 5.41) is 0.800. The normalized spacial score (nSPS) is 12.7. The highest BCUT2D eigenvalue weighted by molar-refractivity contribution is 6.31. The van der Waals surface area contributed by atoms with E-state index in [0.717, 1.165) is 10.6 Å². The van der Waals surface area contributed by atoms with Gasteiger partial charge in [0.1, 0.15) is 0 Å². The first-order valence-corrected chi connectivity index (χ1v) is 4.88. The Morgan fingerprint density at radius 1 is 1.36 bits per heavy atom. The molecule has 1 aromatic carbocycles. The van der Waals surface area contributed by atoms with Gasteiger partial charge in [-0.25, -0.2) is 4.98 Å². The second-order valence-corrected chi connectivity index (χ2v) is 3.61. The quantitative estimate of drug-likeness (QED) is 0.738. The maximum absolute atomic E-state index is 6.10. The van der Waals surface area contributed by atoms with E-state index in [9.17, 15) is 0 Å². The van der Waals surface area contributed by atoms with Crippen molar-refractivity contribution in [1.82, 2.24) is 9.55 Å². The van der Waals surface area contributed by atoms with Crippen LogP contribution in [0.4, 0.5) is 0 Å². The van der Waals surface area contributed by atoms with E-state index in [0.29, 0.717) is 0 Å². The molecule has 0 aliphatic carbocycles. The average molecular weight is 207 g/mol. The van der Waals surface area contributed by atoms with Crippen molar-refractivity contribution in [2.24, 2.45) is 0 Å². The molecule has 1 aromatic heterocycles. The molecule has 0 aliphatic heterocycles. The van der Waals surface area contributed by atoms with Gasteiger partial charge in [-0.15, -0.1) is 0 Å². The third-order valence-corrected chi connectivity index (χ3v) is 2.67. The Morgan fingerprint density at radius 2 is 2.14 bits per heavy atom. The molecule has 2 rings (SSSR count). The summed E-state index contributed by atoms with van der Waals surface area (Å²) < 4.78 is 2.03. The fourth-order valence-corrected chi connectivity index (χ4v) is 1.77. The lowest BCUT2D eigenvalue weighted by molar-refractivity contribution is 0.639. The molecule has 0 saturated heterocycles. The first-order chi connectivity index (χ1) is 6.79. The molecule has 0 saturated carbocycles. The largest absolute Gasteiger partial charge is 0.330 e. The maximum atomic E-state index is 6.10. The summed E-state index contributed by atoms with van der Waals surface area (Å²) in [5.41, 5.74) is 1.12. The fourth-order valence-electron chi connectivity index (χ4n) is 1.47. The summed E-state index contributed by atoms with van der Waals surface area (Å²) in [6.45, 7) is 2.10. The van der Waals surface area contributed by atoms with E-state index in [1.807, 2.05) is 35.0 Å². The van der Waals surface area contributed by atoms with Crippen molar-refractivity contribution >= 4 is 11.6 Å². The van der Waals surface area contributed by atoms with Gasteiger partial charge in [0.05, 0.1) is 12.4 Å². The van der Waals surface area contributed by atoms with E-state index < -0.39 is 0 Å². The minimum Gasteiger partial charge on any atom is -0.330 e. The second kappa shape index (κ2) is 3.84. The van der Waals surface area contributed by atoms with Gasteiger partial charge >= 0.3 is 0 Å². The van der Waals surface area contributed by atoms with Crippen molar-refractivity contribution in [3.63, 3.8) is 0 Å². The van der Waals surface area contributed by atoms with Crippen LogP contribution >= 0.6 is 11.6 Å². The summed E-state index contributed by atoms with van der Waals surface area (Å²) in [6.07, 6.45) is 5.51. The van der Waals surface area contributed by atoms with Crippen molar-refractivity contribution in [2.75, 3.05) is 0 Å². The zero-order valence-electron chi connectivity index (χ0n) is 7.89. The first kappa shape index (κ1) is 9.28. The van der Waals surface area contributed by atoms with Gasteiger partial charge in [-0.2, -0.15) is 0 Å². The van der Waals surface area contributed by atoms with E-state index in [4.69, 9.17) is 11.6 Å². The minimum atomic E-state index is 0.228. The molecule has 3 heteroatoms. The molecular weight excluding hydrogens is 196 g/mol. The second-order valence-electron chi connectivity index (χ2n) is 3.21. The molecule has 14 heavy (non-hydrogen) atoms. The molecule has 0 bridgehead atoms. The summed E-state index contributed by atoms with van der Waals surface area (Å²) in [4.78, 5) is 4.02. The minimum absolute atomic E-state index is 0.228. The summed E-state index contributed by atoms with van der Waals surface area (Å²) in [5.74, 6) is 0. The lowest BCUT2D eigenvalue weighted by atomic mass is 10.1. The lowest BCUT2D eigenvalue weighted by Crippen LogP contribution is -2.04. The summed E-state index contributed by atoms with van der Waals surface area (Å²) in [6, 6.07) is 8.10. The Hall–Kier alpha value is -1.28. The maximum Gasteiger partial charge on any atom is 0.0951 e. The number of aromatic nitrogens is 2. The van der Waals surface area contributed by atoms with Crippen LogP contribution in [0.5, 0.6) is 0 Å². The number of rotatable bonds is 2. The number of hydrogen-bond donors (Lipinski definition) is 0. The molecule has 0 aliphatic rings. The van der Waals surface area contributed by atoms with Crippen LogP contribution in [0.2, 0.25) is 5.02 Å². The molecule has 2 nitrogen and oxygen atoms in total. The van der Waals surface area contributed by atoms with Crippen molar-refractivity contribution in [2.45, 2.75) is 13.0 Å². The molecule has 72 valence electrons. The van der Waals surface area contributed by atoms with Crippen molar-refractivity contribution in [3.8, 4) is 0 Å². The Kier molecular flexibility index (Phi) is 2.55. The molecule has 0 N–H and O–H groups in total. The van der Waals surface area contributed by atoms with Gasteiger partial charge in [-0.05, 0) is 18.6 Å². The van der Waals surface area contributed by atoms with Crippen molar-refractivity contribution in [3.05, 3.63) is 53.6 Å². The predicted molar refractivity (Wildman–Crippen MR) is 57.5 cm³/mol. The third-order valence-electron chi connectivity index (χ3n) is 2.33. The Labute approximate surface area is 88.2 Å². The number of hydrogen-bond acceptors (Lipinski definition) is 1. The Morgan fingerprint density at radius 3 is 2.79 bits per heavy atom. The molecule has 0 spiro atoms. The van der Waals surface area contributed by atoms with Crippen LogP contribution in [0.1, 0.15) is 18.5 Å². The van der Waals surface area contributed by atoms with Crippen LogP contribution in [0, 0.1) is 0 Å². The molecule has 2 aromatic rings. The van der Waals surface area contributed by atoms with Gasteiger partial charge < -0.3 is 4.57 Å². The highest BCUT2D eigenvalue weighted by Gasteiger charge is 2.09. The zero-order chi connectivity index (χ0) is 9.97. The van der Waals surface area contributed by atoms with Gasteiger partial charge in [-0.3, -0.25) is 0 Å². The van der Waals surface area contributed by atoms with Crippen molar-refractivity contribution < 1.29 is 0 Å². The summed E-state index contributed by atoms with van der Waals surface area (Å²) in [7, 11) is 0. The van der Waals surface area contributed by atoms with Crippen LogP contribution in [0.3, 0.4) is 0 Å². The molecule has 0 radical (unpaired) electrons. The molecule has 0 amide bonds. The highest BCUT2D eigenvalue weighted by atomic mass is 35.5. The predicted octanol–water partition coefficient (Wildman–Crippen LogP) is 3.15. The third kappa shape index (κ3) is 1.66. The van der Waals surface area contributed by atoms with E-state index in [2.05, 4.69) is 11.9 Å². The SMILES string of the molecule is CC(c1ccccc1Cl)n1ccnc1. The van der Waals surface area contributed by atoms with Gasteiger partial charge in [-0.1, -0.05) is 29.8 Å². The molecule has 0 fully saturated rings. The van der Waals surface area contributed by atoms with Crippen LogP contribution < -0.4 is 0 Å². The van der Waals surface area contributed by atoms with Crippen LogP contribution in [0.15, 0.2) is 43.0 Å². The Balaban J connectivity index is 2.37. The standard InChI is InChI=1S/C11H11ClN2/c1-9(14-7-6-13-8-14)10-4-2-3-5-11(10)12/h2-9H,1H3. The number of halogens is 1. The smallest absolute Gasteiger partial charge is 0.0951 e. The van der Waals surface area contributed by atoms with E-state index in [-0.39, 0.29) is 6.04 Å². The van der Waals surface area contributed by atoms with E-state index >= 15 is 0 Å². The number of nitrogens with zero attached hydrogens (tertiary/aromatic N) is 2. The van der Waals surface area contributed by atoms with Gasteiger partial charge in [0, 0.05) is 17.4 Å². The topological polar surface area (TPSA) is 17.8 Å². The van der Waals surface area contributed by atoms with E-state index in [1.165, 1.54) is 0 Å². The molecular formula is C11H11ClN2. The number of benzene rings is 1. The molecule has 1 atom stereocenters. The number of imidazole rings is 1. The van der Waals surface area contributed by atoms with Crippen LogP contribution in [0.25, 0.3) is 0 Å². The lowest BCUT2D eigenvalue weighted by Gasteiger charge is -2.14. The Bertz CT molecular complexity index is 409. The molecule has 1 heterocycles. The molecule has 1 unspecified atom stereocenters. The van der Waals surface area contributed by atoms with Gasteiger partial charge in [0.25, 0.3) is 0 Å². The first-order valence-electron chi connectivity index (χ1n) is 4.51. The summed E-state index contributed by atoms with van der Waals surface area (Å²) >= 11 is 6.10. The zero-order valence-corrected chi connectivity index (χ0v) is 8.65. The fraction of sp³-hybridized carbons (Fsp3) is 0.182. The average Bonchev–Trinajstić information content (AvgIpc) is 2.70.